The van der Waals surface area contributed by atoms with E-state index in [0.717, 1.165) is 38.8 Å². The molecule has 33 heavy (non-hydrogen) atoms. The van der Waals surface area contributed by atoms with Crippen LogP contribution in [-0.4, -0.2) is 60.1 Å². The Hall–Kier alpha value is -2.58. The van der Waals surface area contributed by atoms with Gasteiger partial charge >= 0.3 is 0 Å². The Labute approximate surface area is 200 Å². The quantitative estimate of drug-likeness (QED) is 0.548. The largest absolute Gasteiger partial charge is 0.495 e. The molecule has 1 aliphatic heterocycles. The summed E-state index contributed by atoms with van der Waals surface area (Å²) in [7, 11) is 3.66. The van der Waals surface area contributed by atoms with Gasteiger partial charge in [0.2, 0.25) is 5.95 Å². The maximum atomic E-state index is 12.8. The molecule has 0 spiro atoms. The first kappa shape index (κ1) is 23.6. The molecule has 1 saturated carbocycles. The number of halogens is 1. The molecule has 9 heteroatoms. The summed E-state index contributed by atoms with van der Waals surface area (Å²) in [5.74, 6) is 1.50. The first-order valence-corrected chi connectivity index (χ1v) is 12.1. The molecule has 2 heterocycles. The van der Waals surface area contributed by atoms with Crippen molar-refractivity contribution in [1.29, 1.82) is 0 Å². The first-order valence-electron chi connectivity index (χ1n) is 11.8. The molecule has 2 aromatic rings. The van der Waals surface area contributed by atoms with Crippen molar-refractivity contribution in [2.45, 2.75) is 57.0 Å². The molecule has 1 aromatic carbocycles. The lowest BCUT2D eigenvalue weighted by Gasteiger charge is -2.30. The van der Waals surface area contributed by atoms with E-state index in [0.29, 0.717) is 39.8 Å². The third-order valence-electron chi connectivity index (χ3n) is 6.36. The van der Waals surface area contributed by atoms with E-state index in [2.05, 4.69) is 37.9 Å². The summed E-state index contributed by atoms with van der Waals surface area (Å²) in [6.07, 6.45) is 9.66. The molecule has 1 aromatic heterocycles. The maximum Gasteiger partial charge on any atom is 0.251 e. The molecule has 1 saturated heterocycles. The van der Waals surface area contributed by atoms with Crippen LogP contribution < -0.4 is 20.7 Å². The van der Waals surface area contributed by atoms with E-state index in [9.17, 15) is 4.79 Å². The van der Waals surface area contributed by atoms with Gasteiger partial charge in [0.05, 0.1) is 19.0 Å². The summed E-state index contributed by atoms with van der Waals surface area (Å²) in [6.45, 7) is 1.94. The van der Waals surface area contributed by atoms with Crippen LogP contribution in [0.4, 0.5) is 17.5 Å². The number of nitrogens with zero attached hydrogens (tertiary/aromatic N) is 3. The average Bonchev–Trinajstić information content (AvgIpc) is 2.82. The molecule has 2 aliphatic rings. The number of ether oxygens (including phenoxy) is 1. The summed E-state index contributed by atoms with van der Waals surface area (Å²) in [6, 6.07) is 5.88. The molecule has 4 rings (SSSR count). The van der Waals surface area contributed by atoms with Crippen LogP contribution in [0.2, 0.25) is 5.02 Å². The third-order valence-corrected chi connectivity index (χ3v) is 6.64. The Balaban J connectivity index is 1.44. The van der Waals surface area contributed by atoms with Gasteiger partial charge in [-0.1, -0.05) is 30.9 Å². The fraction of sp³-hybridized carbons (Fsp3) is 0.542. The summed E-state index contributed by atoms with van der Waals surface area (Å²) in [5, 5.41) is 10.3. The zero-order chi connectivity index (χ0) is 23.2. The van der Waals surface area contributed by atoms with Crippen molar-refractivity contribution in [3.8, 4) is 5.75 Å². The van der Waals surface area contributed by atoms with Gasteiger partial charge in [-0.15, -0.1) is 0 Å². The molecule has 0 bridgehead atoms. The lowest BCUT2D eigenvalue weighted by molar-refractivity contribution is 0.0912. The number of methoxy groups -OCH3 is 1. The second kappa shape index (κ2) is 11.0. The number of nitrogens with one attached hydrogen (secondary N) is 3. The summed E-state index contributed by atoms with van der Waals surface area (Å²) >= 11 is 6.33. The van der Waals surface area contributed by atoms with E-state index in [-0.39, 0.29) is 11.9 Å². The molecule has 8 nitrogen and oxygen atoms in total. The van der Waals surface area contributed by atoms with Gasteiger partial charge in [-0.3, -0.25) is 4.79 Å². The predicted molar refractivity (Wildman–Crippen MR) is 132 cm³/mol. The molecule has 0 radical (unpaired) electrons. The molecule has 2 fully saturated rings. The molecule has 1 atom stereocenters. The van der Waals surface area contributed by atoms with E-state index in [1.54, 1.807) is 25.4 Å². The van der Waals surface area contributed by atoms with E-state index in [4.69, 9.17) is 16.3 Å². The smallest absolute Gasteiger partial charge is 0.251 e. The van der Waals surface area contributed by atoms with Gasteiger partial charge < -0.3 is 25.6 Å². The van der Waals surface area contributed by atoms with Gasteiger partial charge in [0.1, 0.15) is 10.8 Å². The second-order valence-corrected chi connectivity index (χ2v) is 9.39. The third kappa shape index (κ3) is 6.26. The van der Waals surface area contributed by atoms with Crippen LogP contribution in [0.3, 0.4) is 0 Å². The Morgan fingerprint density at radius 2 is 1.94 bits per heavy atom. The Morgan fingerprint density at radius 1 is 1.15 bits per heavy atom. The fourth-order valence-electron chi connectivity index (χ4n) is 4.58. The van der Waals surface area contributed by atoms with Crippen molar-refractivity contribution in [3.05, 3.63) is 35.0 Å². The van der Waals surface area contributed by atoms with Crippen LogP contribution >= 0.6 is 11.6 Å². The first-order chi connectivity index (χ1) is 16.0. The zero-order valence-electron chi connectivity index (χ0n) is 19.4. The van der Waals surface area contributed by atoms with Gasteiger partial charge in [-0.25, -0.2) is 4.98 Å². The maximum absolute atomic E-state index is 12.8. The van der Waals surface area contributed by atoms with Gasteiger partial charge in [-0.05, 0) is 57.5 Å². The van der Waals surface area contributed by atoms with Crippen LogP contribution in [0.1, 0.15) is 55.3 Å². The van der Waals surface area contributed by atoms with E-state index < -0.39 is 0 Å². The van der Waals surface area contributed by atoms with Gasteiger partial charge in [0, 0.05) is 24.2 Å². The second-order valence-electron chi connectivity index (χ2n) is 8.98. The van der Waals surface area contributed by atoms with Crippen LogP contribution in [-0.2, 0) is 0 Å². The van der Waals surface area contributed by atoms with Gasteiger partial charge in [-0.2, -0.15) is 4.98 Å². The molecule has 1 aliphatic carbocycles. The minimum atomic E-state index is -0.0955. The lowest BCUT2D eigenvalue weighted by atomic mass is 9.95. The number of carbonyl (C=O) groups excluding carboxylic acids is 1. The van der Waals surface area contributed by atoms with Crippen LogP contribution in [0.25, 0.3) is 0 Å². The van der Waals surface area contributed by atoms with Crippen LogP contribution in [0.15, 0.2) is 24.4 Å². The van der Waals surface area contributed by atoms with Crippen molar-refractivity contribution in [2.24, 2.45) is 0 Å². The van der Waals surface area contributed by atoms with Gasteiger partial charge in [0.25, 0.3) is 5.91 Å². The highest BCUT2D eigenvalue weighted by Crippen LogP contribution is 2.30. The molecular weight excluding hydrogens is 440 g/mol. The number of rotatable bonds is 7. The number of likely N-dealkylation sites (tertiary alicyclic amines) is 1. The molecule has 1 unspecified atom stereocenters. The fourth-order valence-corrected chi connectivity index (χ4v) is 4.72. The minimum Gasteiger partial charge on any atom is -0.495 e. The Kier molecular flexibility index (Phi) is 7.88. The highest BCUT2D eigenvalue weighted by Gasteiger charge is 2.21. The Morgan fingerprint density at radius 3 is 2.70 bits per heavy atom. The van der Waals surface area contributed by atoms with Crippen LogP contribution in [0, 0.1) is 0 Å². The Bertz CT molecular complexity index is 966. The number of benzene rings is 1. The van der Waals surface area contributed by atoms with Crippen molar-refractivity contribution >= 4 is 35.0 Å². The normalized spacial score (nSPS) is 19.7. The number of piperidine rings is 1. The summed E-state index contributed by atoms with van der Waals surface area (Å²) < 4.78 is 5.54. The van der Waals surface area contributed by atoms with Crippen molar-refractivity contribution < 1.29 is 9.53 Å². The number of aromatic nitrogens is 2. The van der Waals surface area contributed by atoms with E-state index in [1.807, 2.05) is 6.07 Å². The average molecular weight is 473 g/mol. The van der Waals surface area contributed by atoms with E-state index >= 15 is 0 Å². The highest BCUT2D eigenvalue weighted by molar-refractivity contribution is 6.32. The zero-order valence-corrected chi connectivity index (χ0v) is 20.1. The number of amides is 1. The molecule has 178 valence electrons. The molecular formula is C24H33ClN6O2. The van der Waals surface area contributed by atoms with Crippen molar-refractivity contribution in [3.63, 3.8) is 0 Å². The van der Waals surface area contributed by atoms with E-state index in [1.165, 1.54) is 19.3 Å². The number of hydrogen-bond acceptors (Lipinski definition) is 7. The van der Waals surface area contributed by atoms with Crippen molar-refractivity contribution in [2.75, 3.05) is 37.9 Å². The molecule has 3 N–H and O–H groups in total. The predicted octanol–water partition coefficient (Wildman–Crippen LogP) is 4.45. The van der Waals surface area contributed by atoms with Gasteiger partial charge in [0.15, 0.2) is 5.82 Å². The number of carbonyl (C=O) groups is 1. The number of likely N-dealkylation sites (N-methyl/N-ethyl adjacent to an activating group) is 1. The number of anilines is 3. The summed E-state index contributed by atoms with van der Waals surface area (Å²) in [5.41, 5.74) is 1.24. The highest BCUT2D eigenvalue weighted by atomic mass is 35.5. The topological polar surface area (TPSA) is 91.4 Å². The summed E-state index contributed by atoms with van der Waals surface area (Å²) in [4.78, 5) is 23.9. The lowest BCUT2D eigenvalue weighted by Crippen LogP contribution is -2.46. The molecule has 1 amide bonds. The van der Waals surface area contributed by atoms with Crippen LogP contribution in [0.5, 0.6) is 5.75 Å². The van der Waals surface area contributed by atoms with Crippen molar-refractivity contribution in [1.82, 2.24) is 20.2 Å². The SMILES string of the molecule is COc1cc(C(=O)NC2CCCN(C)C2)ccc1Nc1ncc(Cl)c(NC2CCCCC2)n1. The standard InChI is InChI=1S/C24H33ClN6O2/c1-31-12-6-9-18(15-31)28-23(32)16-10-11-20(21(13-16)33-2)29-24-26-14-19(25)22(30-24)27-17-7-4-3-5-8-17/h10-11,13-14,17-18H,3-9,12,15H2,1-2H3,(H,28,32)(H2,26,27,29,30). The monoisotopic (exact) mass is 472 g/mol. The number of hydrogen-bond donors (Lipinski definition) is 3. The minimum absolute atomic E-state index is 0.0955.